The number of rotatable bonds is 5. The van der Waals surface area contributed by atoms with Crippen LogP contribution in [0.4, 0.5) is 0 Å². The summed E-state index contributed by atoms with van der Waals surface area (Å²) in [7, 11) is 0. The number of aliphatic hydroxyl groups excluding tert-OH is 2. The molecule has 1 saturated carbocycles. The first-order chi connectivity index (χ1) is 7.85. The lowest BCUT2D eigenvalue weighted by Crippen LogP contribution is -2.37. The van der Waals surface area contributed by atoms with Gasteiger partial charge in [-0.15, -0.1) is 0 Å². The van der Waals surface area contributed by atoms with Crippen molar-refractivity contribution in [1.29, 1.82) is 0 Å². The monoisotopic (exact) mass is 244 g/mol. The van der Waals surface area contributed by atoms with Crippen LogP contribution in [0.25, 0.3) is 0 Å². The van der Waals surface area contributed by atoms with E-state index in [1.54, 1.807) is 6.92 Å². The summed E-state index contributed by atoms with van der Waals surface area (Å²) in [5.74, 6) is 0.663. The molecule has 1 rings (SSSR count). The Labute approximate surface area is 105 Å². The molecule has 0 spiro atoms. The second-order valence-corrected chi connectivity index (χ2v) is 6.17. The number of hydrogen-bond donors (Lipinski definition) is 2. The van der Waals surface area contributed by atoms with E-state index < -0.39 is 12.2 Å². The molecule has 3 heteroatoms. The van der Waals surface area contributed by atoms with Crippen molar-refractivity contribution in [3.63, 3.8) is 0 Å². The molecular formula is C14H28O3. The topological polar surface area (TPSA) is 49.7 Å². The average molecular weight is 244 g/mol. The van der Waals surface area contributed by atoms with Gasteiger partial charge in [0.2, 0.25) is 0 Å². The molecule has 3 nitrogen and oxygen atoms in total. The Bertz CT molecular complexity index is 228. The Balaban J connectivity index is 2.40. The van der Waals surface area contributed by atoms with Gasteiger partial charge in [-0.05, 0) is 37.5 Å². The smallest absolute Gasteiger partial charge is 0.103 e. The van der Waals surface area contributed by atoms with Crippen molar-refractivity contribution in [2.45, 2.75) is 71.7 Å². The van der Waals surface area contributed by atoms with Gasteiger partial charge in [0, 0.05) is 0 Å². The SMILES string of the molecule is CC(O)C(O)COC1CCCC(C)(C(C)C)C1. The van der Waals surface area contributed by atoms with E-state index in [0.29, 0.717) is 11.3 Å². The summed E-state index contributed by atoms with van der Waals surface area (Å²) < 4.78 is 5.74. The van der Waals surface area contributed by atoms with Gasteiger partial charge < -0.3 is 14.9 Å². The maximum atomic E-state index is 9.52. The molecule has 1 aliphatic rings. The van der Waals surface area contributed by atoms with Crippen LogP contribution < -0.4 is 0 Å². The molecule has 0 radical (unpaired) electrons. The zero-order chi connectivity index (χ0) is 13.1. The minimum Gasteiger partial charge on any atom is -0.391 e. The molecule has 1 aliphatic carbocycles. The van der Waals surface area contributed by atoms with Crippen LogP contribution >= 0.6 is 0 Å². The van der Waals surface area contributed by atoms with E-state index in [4.69, 9.17) is 4.74 Å². The maximum Gasteiger partial charge on any atom is 0.103 e. The highest BCUT2D eigenvalue weighted by Gasteiger charge is 2.35. The fourth-order valence-corrected chi connectivity index (χ4v) is 2.50. The standard InChI is InChI=1S/C14H28O3/c1-10(2)14(4)7-5-6-12(8-14)17-9-13(16)11(3)15/h10-13,15-16H,5-9H2,1-4H3. The predicted octanol–water partition coefficient (Wildman–Crippen LogP) is 2.35. The molecule has 0 aliphatic heterocycles. The highest BCUT2D eigenvalue weighted by molar-refractivity contribution is 4.86. The molecule has 2 N–H and O–H groups in total. The van der Waals surface area contributed by atoms with E-state index in [1.165, 1.54) is 12.8 Å². The Morgan fingerprint density at radius 2 is 1.94 bits per heavy atom. The van der Waals surface area contributed by atoms with Crippen LogP contribution in [-0.2, 0) is 4.74 Å². The van der Waals surface area contributed by atoms with Crippen LogP contribution in [0.2, 0.25) is 0 Å². The second kappa shape index (κ2) is 6.17. The van der Waals surface area contributed by atoms with Crippen LogP contribution in [0.15, 0.2) is 0 Å². The minimum atomic E-state index is -0.762. The largest absolute Gasteiger partial charge is 0.391 e. The van der Waals surface area contributed by atoms with Crippen molar-refractivity contribution in [3.05, 3.63) is 0 Å². The van der Waals surface area contributed by atoms with Crippen molar-refractivity contribution >= 4 is 0 Å². The lowest BCUT2D eigenvalue weighted by Gasteiger charge is -2.41. The fraction of sp³-hybridized carbons (Fsp3) is 1.00. The van der Waals surface area contributed by atoms with Crippen LogP contribution in [0.1, 0.15) is 53.4 Å². The fourth-order valence-electron chi connectivity index (χ4n) is 2.50. The predicted molar refractivity (Wildman–Crippen MR) is 68.8 cm³/mol. The zero-order valence-corrected chi connectivity index (χ0v) is 11.6. The number of ether oxygens (including phenoxy) is 1. The summed E-state index contributed by atoms with van der Waals surface area (Å²) in [6, 6.07) is 0. The first kappa shape index (κ1) is 14.9. The molecule has 0 saturated heterocycles. The average Bonchev–Trinajstić information content (AvgIpc) is 2.25. The normalized spacial score (nSPS) is 33.7. The molecule has 0 heterocycles. The van der Waals surface area contributed by atoms with E-state index in [-0.39, 0.29) is 12.7 Å². The van der Waals surface area contributed by atoms with Gasteiger partial charge in [-0.2, -0.15) is 0 Å². The number of hydrogen-bond acceptors (Lipinski definition) is 3. The molecular weight excluding hydrogens is 216 g/mol. The molecule has 1 fully saturated rings. The molecule has 0 aromatic carbocycles. The third kappa shape index (κ3) is 4.23. The minimum absolute atomic E-state index is 0.240. The maximum absolute atomic E-state index is 9.52. The Kier molecular flexibility index (Phi) is 5.42. The second-order valence-electron chi connectivity index (χ2n) is 6.17. The molecule has 0 aromatic heterocycles. The lowest BCUT2D eigenvalue weighted by atomic mass is 9.67. The van der Waals surface area contributed by atoms with E-state index in [2.05, 4.69) is 20.8 Å². The van der Waals surface area contributed by atoms with Crippen molar-refractivity contribution in [2.24, 2.45) is 11.3 Å². The first-order valence-electron chi connectivity index (χ1n) is 6.83. The van der Waals surface area contributed by atoms with Gasteiger partial charge in [0.15, 0.2) is 0 Å². The summed E-state index contributed by atoms with van der Waals surface area (Å²) in [5.41, 5.74) is 0.360. The van der Waals surface area contributed by atoms with E-state index in [1.807, 2.05) is 0 Å². The highest BCUT2D eigenvalue weighted by Crippen LogP contribution is 2.42. The van der Waals surface area contributed by atoms with Crippen LogP contribution in [0, 0.1) is 11.3 Å². The Morgan fingerprint density at radius 1 is 1.29 bits per heavy atom. The van der Waals surface area contributed by atoms with Crippen molar-refractivity contribution in [1.82, 2.24) is 0 Å². The number of aliphatic hydroxyl groups is 2. The van der Waals surface area contributed by atoms with Gasteiger partial charge in [0.25, 0.3) is 0 Å². The molecule has 0 amide bonds. The highest BCUT2D eigenvalue weighted by atomic mass is 16.5. The van der Waals surface area contributed by atoms with Gasteiger partial charge in [0.1, 0.15) is 6.10 Å². The van der Waals surface area contributed by atoms with E-state index in [0.717, 1.165) is 12.8 Å². The molecule has 4 atom stereocenters. The Morgan fingerprint density at radius 3 is 2.47 bits per heavy atom. The molecule has 0 aromatic rings. The van der Waals surface area contributed by atoms with Gasteiger partial charge in [-0.25, -0.2) is 0 Å². The molecule has 0 bridgehead atoms. The lowest BCUT2D eigenvalue weighted by molar-refractivity contribution is -0.0817. The van der Waals surface area contributed by atoms with Crippen molar-refractivity contribution < 1.29 is 14.9 Å². The first-order valence-corrected chi connectivity index (χ1v) is 6.83. The molecule has 4 unspecified atom stereocenters. The zero-order valence-electron chi connectivity index (χ0n) is 11.6. The summed E-state index contributed by atoms with van der Waals surface area (Å²) in [5, 5.41) is 18.7. The van der Waals surface area contributed by atoms with Crippen LogP contribution in [0.3, 0.4) is 0 Å². The summed E-state index contributed by atoms with van der Waals surface area (Å²) in [4.78, 5) is 0. The van der Waals surface area contributed by atoms with E-state index >= 15 is 0 Å². The third-order valence-corrected chi connectivity index (χ3v) is 4.42. The van der Waals surface area contributed by atoms with Crippen molar-refractivity contribution in [3.8, 4) is 0 Å². The molecule has 17 heavy (non-hydrogen) atoms. The molecule has 102 valence electrons. The van der Waals surface area contributed by atoms with E-state index in [9.17, 15) is 10.2 Å². The van der Waals surface area contributed by atoms with Gasteiger partial charge in [0.05, 0.1) is 18.8 Å². The summed E-state index contributed by atoms with van der Waals surface area (Å²) in [6.45, 7) is 8.71. The quantitative estimate of drug-likeness (QED) is 0.780. The summed E-state index contributed by atoms with van der Waals surface area (Å²) in [6.07, 6.45) is 3.38. The summed E-state index contributed by atoms with van der Waals surface area (Å²) >= 11 is 0. The van der Waals surface area contributed by atoms with Crippen molar-refractivity contribution in [2.75, 3.05) is 6.61 Å². The van der Waals surface area contributed by atoms with Crippen LogP contribution in [-0.4, -0.2) is 35.1 Å². The van der Waals surface area contributed by atoms with Crippen LogP contribution in [0.5, 0.6) is 0 Å². The Hall–Kier alpha value is -0.120. The van der Waals surface area contributed by atoms with Gasteiger partial charge in [-0.1, -0.05) is 27.2 Å². The van der Waals surface area contributed by atoms with Gasteiger partial charge >= 0.3 is 0 Å². The third-order valence-electron chi connectivity index (χ3n) is 4.42. The van der Waals surface area contributed by atoms with Gasteiger partial charge in [-0.3, -0.25) is 0 Å².